The topological polar surface area (TPSA) is 82.4 Å². The van der Waals surface area contributed by atoms with E-state index in [1.54, 1.807) is 6.20 Å². The van der Waals surface area contributed by atoms with Crippen molar-refractivity contribution >= 4 is 28.5 Å². The molecule has 2 fully saturated rings. The normalized spacial score (nSPS) is 19.5. The highest BCUT2D eigenvalue weighted by Gasteiger charge is 2.31. The van der Waals surface area contributed by atoms with Gasteiger partial charge >= 0.3 is 0 Å². The van der Waals surface area contributed by atoms with Crippen LogP contribution in [-0.4, -0.2) is 61.3 Å². The minimum absolute atomic E-state index is 0.0704. The Balaban J connectivity index is 1.25. The Bertz CT molecular complexity index is 1250. The monoisotopic (exact) mass is 415 g/mol. The van der Waals surface area contributed by atoms with E-state index in [1.165, 1.54) is 0 Å². The van der Waals surface area contributed by atoms with Gasteiger partial charge in [0.05, 0.1) is 11.4 Å². The molecule has 4 aromatic heterocycles. The summed E-state index contributed by atoms with van der Waals surface area (Å²) in [5.74, 6) is 2.08. The molecule has 0 saturated carbocycles. The number of amides is 1. The lowest BCUT2D eigenvalue weighted by Crippen LogP contribution is -2.44. The Kier molecular flexibility index (Phi) is 4.36. The van der Waals surface area contributed by atoms with Gasteiger partial charge in [0.2, 0.25) is 5.91 Å². The summed E-state index contributed by atoms with van der Waals surface area (Å²) in [6, 6.07) is 8.06. The van der Waals surface area contributed by atoms with Crippen molar-refractivity contribution in [2.75, 3.05) is 31.1 Å². The molecule has 1 N–H and O–H groups in total. The Morgan fingerprint density at radius 1 is 1.03 bits per heavy atom. The fourth-order valence-electron chi connectivity index (χ4n) is 4.84. The first-order valence-electron chi connectivity index (χ1n) is 11.1. The zero-order chi connectivity index (χ0) is 20.8. The molecule has 0 unspecified atom stereocenters. The average molecular weight is 416 g/mol. The Morgan fingerprint density at radius 2 is 1.94 bits per heavy atom. The molecule has 0 radical (unpaired) electrons. The van der Waals surface area contributed by atoms with Crippen LogP contribution < -0.4 is 4.90 Å². The van der Waals surface area contributed by atoms with E-state index in [1.807, 2.05) is 46.0 Å². The minimum atomic E-state index is 0.0704. The standard InChI is InChI=1S/C23H25N7O/c31-23(28-10-1-2-11-28)17-4-3-12-29(15-17)20-8-6-18-22(26-20)27-21(25-18)16-5-7-19-24-9-13-30(19)14-16/h5-9,13-14,17H,1-4,10-12,15H2,(H,25,26,27)/t17-/m1/s1. The van der Waals surface area contributed by atoms with E-state index in [4.69, 9.17) is 9.97 Å². The third-order valence-corrected chi connectivity index (χ3v) is 6.51. The summed E-state index contributed by atoms with van der Waals surface area (Å²) in [6.45, 7) is 3.50. The predicted octanol–water partition coefficient (Wildman–Crippen LogP) is 3.11. The number of nitrogens with zero attached hydrogens (tertiary/aromatic N) is 6. The fourth-order valence-corrected chi connectivity index (χ4v) is 4.84. The van der Waals surface area contributed by atoms with E-state index in [0.29, 0.717) is 11.6 Å². The number of carbonyl (C=O) groups excluding carboxylic acids is 1. The van der Waals surface area contributed by atoms with Crippen molar-refractivity contribution < 1.29 is 4.79 Å². The molecule has 0 aliphatic carbocycles. The van der Waals surface area contributed by atoms with Crippen molar-refractivity contribution in [3.05, 3.63) is 42.9 Å². The average Bonchev–Trinajstić information content (AvgIpc) is 3.58. The maximum atomic E-state index is 12.9. The molecule has 0 spiro atoms. The summed E-state index contributed by atoms with van der Waals surface area (Å²) < 4.78 is 1.98. The van der Waals surface area contributed by atoms with E-state index in [-0.39, 0.29) is 5.92 Å². The number of aromatic nitrogens is 5. The summed E-state index contributed by atoms with van der Waals surface area (Å²) in [7, 11) is 0. The summed E-state index contributed by atoms with van der Waals surface area (Å²) in [5.41, 5.74) is 3.50. The zero-order valence-electron chi connectivity index (χ0n) is 17.4. The fraction of sp³-hybridized carbons (Fsp3) is 0.391. The molecule has 2 aliphatic rings. The maximum absolute atomic E-state index is 12.9. The number of rotatable bonds is 3. The van der Waals surface area contributed by atoms with Crippen LogP contribution in [0.2, 0.25) is 0 Å². The van der Waals surface area contributed by atoms with Crippen molar-refractivity contribution in [2.24, 2.45) is 5.92 Å². The van der Waals surface area contributed by atoms with Gasteiger partial charge in [0.25, 0.3) is 0 Å². The number of carbonyl (C=O) groups is 1. The van der Waals surface area contributed by atoms with Gasteiger partial charge < -0.3 is 19.2 Å². The van der Waals surface area contributed by atoms with E-state index >= 15 is 0 Å². The van der Waals surface area contributed by atoms with Gasteiger partial charge in [0.1, 0.15) is 17.3 Å². The van der Waals surface area contributed by atoms with Crippen LogP contribution in [0, 0.1) is 5.92 Å². The predicted molar refractivity (Wildman–Crippen MR) is 119 cm³/mol. The van der Waals surface area contributed by atoms with E-state index in [9.17, 15) is 4.79 Å². The highest BCUT2D eigenvalue weighted by Crippen LogP contribution is 2.27. The summed E-state index contributed by atoms with van der Waals surface area (Å²) >= 11 is 0. The number of likely N-dealkylation sites (tertiary alicyclic amines) is 1. The van der Waals surface area contributed by atoms with Gasteiger partial charge in [-0.25, -0.2) is 15.0 Å². The second-order valence-electron chi connectivity index (χ2n) is 8.55. The van der Waals surface area contributed by atoms with Crippen molar-refractivity contribution in [1.29, 1.82) is 0 Å². The van der Waals surface area contributed by atoms with Crippen LogP contribution in [0.5, 0.6) is 0 Å². The first-order valence-corrected chi connectivity index (χ1v) is 11.1. The molecule has 1 amide bonds. The molecule has 8 nitrogen and oxygen atoms in total. The van der Waals surface area contributed by atoms with E-state index in [0.717, 1.165) is 80.2 Å². The molecule has 2 aliphatic heterocycles. The maximum Gasteiger partial charge on any atom is 0.227 e. The van der Waals surface area contributed by atoms with Crippen LogP contribution in [0.4, 0.5) is 5.82 Å². The smallest absolute Gasteiger partial charge is 0.227 e. The molecule has 0 bridgehead atoms. The lowest BCUT2D eigenvalue weighted by atomic mass is 9.96. The van der Waals surface area contributed by atoms with E-state index in [2.05, 4.69) is 14.9 Å². The second kappa shape index (κ2) is 7.37. The van der Waals surface area contributed by atoms with Gasteiger partial charge in [-0.05, 0) is 49.9 Å². The van der Waals surface area contributed by atoms with Crippen LogP contribution in [-0.2, 0) is 4.79 Å². The third kappa shape index (κ3) is 3.32. The van der Waals surface area contributed by atoms with Crippen molar-refractivity contribution in [2.45, 2.75) is 25.7 Å². The second-order valence-corrected chi connectivity index (χ2v) is 8.55. The summed E-state index contributed by atoms with van der Waals surface area (Å²) in [4.78, 5) is 34.4. The Morgan fingerprint density at radius 3 is 2.84 bits per heavy atom. The van der Waals surface area contributed by atoms with Crippen LogP contribution in [0.3, 0.4) is 0 Å². The minimum Gasteiger partial charge on any atom is -0.356 e. The molecule has 1 atom stereocenters. The molecule has 158 valence electrons. The van der Waals surface area contributed by atoms with Crippen LogP contribution in [0.1, 0.15) is 25.7 Å². The number of pyridine rings is 2. The van der Waals surface area contributed by atoms with Crippen LogP contribution in [0.25, 0.3) is 28.2 Å². The lowest BCUT2D eigenvalue weighted by molar-refractivity contribution is -0.134. The molecular weight excluding hydrogens is 390 g/mol. The van der Waals surface area contributed by atoms with Crippen molar-refractivity contribution in [3.8, 4) is 11.4 Å². The molecule has 31 heavy (non-hydrogen) atoms. The van der Waals surface area contributed by atoms with Crippen LogP contribution >= 0.6 is 0 Å². The summed E-state index contributed by atoms with van der Waals surface area (Å²) in [6.07, 6.45) is 9.98. The number of fused-ring (bicyclic) bond motifs is 2. The summed E-state index contributed by atoms with van der Waals surface area (Å²) in [5, 5.41) is 0. The first kappa shape index (κ1) is 18.4. The number of anilines is 1. The Hall–Kier alpha value is -3.42. The molecule has 8 heteroatoms. The van der Waals surface area contributed by atoms with Gasteiger partial charge in [-0.3, -0.25) is 4.79 Å². The molecule has 0 aromatic carbocycles. The van der Waals surface area contributed by atoms with Gasteiger partial charge in [-0.1, -0.05) is 0 Å². The SMILES string of the molecule is O=C([C@@H]1CCCN(c2ccc3[nH]c(-c4ccc5nccn5c4)nc3n2)C1)N1CCCC1. The largest absolute Gasteiger partial charge is 0.356 e. The van der Waals surface area contributed by atoms with Crippen molar-refractivity contribution in [3.63, 3.8) is 0 Å². The number of hydrogen-bond donors (Lipinski definition) is 1. The molecule has 2 saturated heterocycles. The van der Waals surface area contributed by atoms with Gasteiger partial charge in [0, 0.05) is 50.3 Å². The number of imidazole rings is 2. The molecule has 6 rings (SSSR count). The Labute approximate surface area is 179 Å². The molecule has 4 aromatic rings. The number of aromatic amines is 1. The number of nitrogens with one attached hydrogen (secondary N) is 1. The quantitative estimate of drug-likeness (QED) is 0.556. The van der Waals surface area contributed by atoms with Crippen LogP contribution in [0.15, 0.2) is 42.9 Å². The van der Waals surface area contributed by atoms with Gasteiger partial charge in [0.15, 0.2) is 5.65 Å². The first-order chi connectivity index (χ1) is 15.2. The highest BCUT2D eigenvalue weighted by atomic mass is 16.2. The lowest BCUT2D eigenvalue weighted by Gasteiger charge is -2.34. The molecule has 6 heterocycles. The third-order valence-electron chi connectivity index (χ3n) is 6.51. The molecular formula is C23H25N7O. The zero-order valence-corrected chi connectivity index (χ0v) is 17.4. The van der Waals surface area contributed by atoms with Gasteiger partial charge in [-0.15, -0.1) is 0 Å². The number of piperidine rings is 1. The van der Waals surface area contributed by atoms with Crippen molar-refractivity contribution in [1.82, 2.24) is 29.2 Å². The van der Waals surface area contributed by atoms with E-state index < -0.39 is 0 Å². The van der Waals surface area contributed by atoms with Gasteiger partial charge in [-0.2, -0.15) is 0 Å². The highest BCUT2D eigenvalue weighted by molar-refractivity contribution is 5.81. The number of H-pyrrole nitrogens is 1. The number of hydrogen-bond acceptors (Lipinski definition) is 5.